The Morgan fingerprint density at radius 2 is 2.23 bits per heavy atom. The molecule has 1 amide bonds. The molecule has 22 heavy (non-hydrogen) atoms. The Labute approximate surface area is 138 Å². The molecule has 1 fully saturated rings. The number of piperidine rings is 1. The molecule has 5 heteroatoms. The van der Waals surface area contributed by atoms with Crippen LogP contribution in [0.2, 0.25) is 0 Å². The Hall–Kier alpha value is -0.940. The van der Waals surface area contributed by atoms with Gasteiger partial charge in [0.1, 0.15) is 0 Å². The van der Waals surface area contributed by atoms with Gasteiger partial charge in [-0.25, -0.2) is 4.98 Å². The van der Waals surface area contributed by atoms with Gasteiger partial charge in [-0.1, -0.05) is 6.92 Å². The lowest BCUT2D eigenvalue weighted by molar-refractivity contribution is -0.133. The molecule has 2 rings (SSSR count). The van der Waals surface area contributed by atoms with E-state index in [1.807, 2.05) is 0 Å². The summed E-state index contributed by atoms with van der Waals surface area (Å²) in [5, 5.41) is 4.33. The highest BCUT2D eigenvalue weighted by atomic mass is 32.1. The molecule has 1 aliphatic heterocycles. The second-order valence-electron chi connectivity index (χ2n) is 6.64. The lowest BCUT2D eigenvalue weighted by Gasteiger charge is -2.38. The first-order chi connectivity index (χ1) is 10.4. The zero-order valence-corrected chi connectivity index (χ0v) is 15.2. The predicted octanol–water partition coefficient (Wildman–Crippen LogP) is 2.93. The molecule has 1 aromatic heterocycles. The Kier molecular flexibility index (Phi) is 5.98. The van der Waals surface area contributed by atoms with Crippen LogP contribution >= 0.6 is 11.3 Å². The van der Waals surface area contributed by atoms with Gasteiger partial charge < -0.3 is 10.2 Å². The third-order valence-electron chi connectivity index (χ3n) is 4.70. The van der Waals surface area contributed by atoms with Crippen LogP contribution in [0.25, 0.3) is 0 Å². The Balaban J connectivity index is 1.75. The molecule has 1 atom stereocenters. The van der Waals surface area contributed by atoms with Crippen LogP contribution in [-0.4, -0.2) is 42.0 Å². The van der Waals surface area contributed by atoms with Gasteiger partial charge in [0.25, 0.3) is 0 Å². The molecule has 0 spiro atoms. The number of aryl methyl sites for hydroxylation is 3. The van der Waals surface area contributed by atoms with E-state index >= 15 is 0 Å². The summed E-state index contributed by atoms with van der Waals surface area (Å²) >= 11 is 1.77. The predicted molar refractivity (Wildman–Crippen MR) is 92.4 cm³/mol. The van der Waals surface area contributed by atoms with Crippen LogP contribution in [0.3, 0.4) is 0 Å². The van der Waals surface area contributed by atoms with E-state index in [0.29, 0.717) is 0 Å². The number of amides is 1. The Morgan fingerprint density at radius 1 is 1.45 bits per heavy atom. The van der Waals surface area contributed by atoms with E-state index in [0.717, 1.165) is 57.6 Å². The van der Waals surface area contributed by atoms with Gasteiger partial charge in [-0.05, 0) is 53.1 Å². The topological polar surface area (TPSA) is 45.2 Å². The number of likely N-dealkylation sites (tertiary alicyclic amines) is 1. The smallest absolute Gasteiger partial charge is 0.227 e. The van der Waals surface area contributed by atoms with Gasteiger partial charge in [-0.3, -0.25) is 4.79 Å². The standard InChI is InChI=1S/C17H29N3OS/c1-5-20-11-7-9-17(4,12-20)16(21)18-10-6-8-15-19-13(2)14(3)22-15/h5-12H2,1-4H3,(H,18,21)/t17-/m1/s1. The average molecular weight is 324 g/mol. The van der Waals surface area contributed by atoms with E-state index in [9.17, 15) is 4.79 Å². The summed E-state index contributed by atoms with van der Waals surface area (Å²) in [6, 6.07) is 0. The van der Waals surface area contributed by atoms with Crippen LogP contribution in [0.15, 0.2) is 0 Å². The van der Waals surface area contributed by atoms with Crippen molar-refractivity contribution in [3.05, 3.63) is 15.6 Å². The Morgan fingerprint density at radius 3 is 2.86 bits per heavy atom. The van der Waals surface area contributed by atoms with Crippen molar-refractivity contribution in [2.24, 2.45) is 5.41 Å². The molecule has 0 bridgehead atoms. The fourth-order valence-corrected chi connectivity index (χ4v) is 4.08. The monoisotopic (exact) mass is 323 g/mol. The minimum absolute atomic E-state index is 0.220. The van der Waals surface area contributed by atoms with Crippen molar-refractivity contribution in [1.82, 2.24) is 15.2 Å². The summed E-state index contributed by atoms with van der Waals surface area (Å²) in [5.74, 6) is 0.220. The highest BCUT2D eigenvalue weighted by Gasteiger charge is 2.36. The van der Waals surface area contributed by atoms with E-state index in [2.05, 4.69) is 42.9 Å². The van der Waals surface area contributed by atoms with E-state index in [1.54, 1.807) is 11.3 Å². The first-order valence-electron chi connectivity index (χ1n) is 8.38. The molecule has 4 nitrogen and oxygen atoms in total. The number of carbonyl (C=O) groups excluding carboxylic acids is 1. The summed E-state index contributed by atoms with van der Waals surface area (Å²) in [6.07, 6.45) is 4.04. The van der Waals surface area contributed by atoms with Gasteiger partial charge in [0.2, 0.25) is 5.91 Å². The van der Waals surface area contributed by atoms with Crippen molar-refractivity contribution in [3.8, 4) is 0 Å². The van der Waals surface area contributed by atoms with Crippen LogP contribution in [0.1, 0.15) is 48.7 Å². The van der Waals surface area contributed by atoms with E-state index in [-0.39, 0.29) is 11.3 Å². The third kappa shape index (κ3) is 4.29. The number of nitrogens with one attached hydrogen (secondary N) is 1. The van der Waals surface area contributed by atoms with Gasteiger partial charge >= 0.3 is 0 Å². The summed E-state index contributed by atoms with van der Waals surface area (Å²) < 4.78 is 0. The molecule has 1 aliphatic rings. The van der Waals surface area contributed by atoms with Crippen molar-refractivity contribution >= 4 is 17.2 Å². The summed E-state index contributed by atoms with van der Waals surface area (Å²) in [7, 11) is 0. The minimum atomic E-state index is -0.220. The number of aromatic nitrogens is 1. The second kappa shape index (κ2) is 7.55. The average Bonchev–Trinajstić information content (AvgIpc) is 2.82. The van der Waals surface area contributed by atoms with E-state index in [4.69, 9.17) is 0 Å². The van der Waals surface area contributed by atoms with Crippen molar-refractivity contribution in [1.29, 1.82) is 0 Å². The molecule has 0 radical (unpaired) electrons. The zero-order valence-electron chi connectivity index (χ0n) is 14.4. The van der Waals surface area contributed by atoms with Crippen LogP contribution in [0.4, 0.5) is 0 Å². The van der Waals surface area contributed by atoms with Crippen LogP contribution in [-0.2, 0) is 11.2 Å². The largest absolute Gasteiger partial charge is 0.356 e. The molecule has 124 valence electrons. The first-order valence-corrected chi connectivity index (χ1v) is 9.20. The van der Waals surface area contributed by atoms with E-state index < -0.39 is 0 Å². The lowest BCUT2D eigenvalue weighted by atomic mass is 9.81. The van der Waals surface area contributed by atoms with Gasteiger partial charge in [-0.15, -0.1) is 11.3 Å². The van der Waals surface area contributed by atoms with Crippen molar-refractivity contribution in [2.75, 3.05) is 26.2 Å². The van der Waals surface area contributed by atoms with Crippen molar-refractivity contribution in [2.45, 2.75) is 53.4 Å². The number of hydrogen-bond acceptors (Lipinski definition) is 4. The summed E-state index contributed by atoms with van der Waals surface area (Å²) in [4.78, 5) is 20.7. The first kappa shape index (κ1) is 17.4. The van der Waals surface area contributed by atoms with Gasteiger partial charge in [0.15, 0.2) is 0 Å². The fraction of sp³-hybridized carbons (Fsp3) is 0.765. The maximum absolute atomic E-state index is 12.5. The molecule has 1 aromatic rings. The van der Waals surface area contributed by atoms with Gasteiger partial charge in [-0.2, -0.15) is 0 Å². The number of rotatable bonds is 6. The van der Waals surface area contributed by atoms with Crippen LogP contribution in [0, 0.1) is 19.3 Å². The molecule has 0 aromatic carbocycles. The fourth-order valence-electron chi connectivity index (χ4n) is 3.10. The molecule has 0 saturated carbocycles. The number of nitrogens with zero attached hydrogens (tertiary/aromatic N) is 2. The molecule has 1 N–H and O–H groups in total. The molecule has 1 saturated heterocycles. The number of carbonyl (C=O) groups is 1. The van der Waals surface area contributed by atoms with Crippen LogP contribution < -0.4 is 5.32 Å². The summed E-state index contributed by atoms with van der Waals surface area (Å²) in [6.45, 7) is 12.2. The zero-order chi connectivity index (χ0) is 16.2. The third-order valence-corrected chi connectivity index (χ3v) is 5.83. The van der Waals surface area contributed by atoms with Gasteiger partial charge in [0, 0.05) is 24.4 Å². The van der Waals surface area contributed by atoms with Crippen LogP contribution in [0.5, 0.6) is 0 Å². The van der Waals surface area contributed by atoms with Crippen molar-refractivity contribution in [3.63, 3.8) is 0 Å². The quantitative estimate of drug-likeness (QED) is 0.819. The normalized spacial score (nSPS) is 22.7. The molecule has 2 heterocycles. The number of hydrogen-bond donors (Lipinski definition) is 1. The highest BCUT2D eigenvalue weighted by Crippen LogP contribution is 2.29. The van der Waals surface area contributed by atoms with Crippen molar-refractivity contribution < 1.29 is 4.79 Å². The molecular weight excluding hydrogens is 294 g/mol. The SMILES string of the molecule is CCN1CCC[C@@](C)(C(=O)NCCCc2nc(C)c(C)s2)C1. The Bertz CT molecular complexity index is 495. The highest BCUT2D eigenvalue weighted by molar-refractivity contribution is 7.11. The maximum atomic E-state index is 12.5. The molecule has 0 aliphatic carbocycles. The summed E-state index contributed by atoms with van der Waals surface area (Å²) in [5.41, 5.74) is 0.918. The van der Waals surface area contributed by atoms with Gasteiger partial charge in [0.05, 0.1) is 16.1 Å². The van der Waals surface area contributed by atoms with E-state index in [1.165, 1.54) is 9.88 Å². The molecular formula is C17H29N3OS. The molecule has 0 unspecified atom stereocenters. The minimum Gasteiger partial charge on any atom is -0.356 e. The lowest BCUT2D eigenvalue weighted by Crippen LogP contribution is -2.50. The maximum Gasteiger partial charge on any atom is 0.227 e. The number of thiazole rings is 1. The second-order valence-corrected chi connectivity index (χ2v) is 7.93.